The predicted octanol–water partition coefficient (Wildman–Crippen LogP) is 4.49. The Balaban J connectivity index is 1.89. The lowest BCUT2D eigenvalue weighted by Crippen LogP contribution is -2.17. The highest BCUT2D eigenvalue weighted by Gasteiger charge is 2.23. The molecule has 0 saturated heterocycles. The lowest BCUT2D eigenvalue weighted by Gasteiger charge is -2.12. The molecule has 0 spiro atoms. The van der Waals surface area contributed by atoms with Gasteiger partial charge >= 0.3 is 6.61 Å². The van der Waals surface area contributed by atoms with Crippen molar-refractivity contribution in [2.45, 2.75) is 33.9 Å². The summed E-state index contributed by atoms with van der Waals surface area (Å²) in [6.07, 6.45) is 0. The molecule has 0 unspecified atom stereocenters. The Labute approximate surface area is 168 Å². The number of anilines is 1. The zero-order chi connectivity index (χ0) is 21.3. The van der Waals surface area contributed by atoms with E-state index in [1.165, 1.54) is 0 Å². The van der Waals surface area contributed by atoms with Crippen LogP contribution in [0.4, 0.5) is 18.9 Å². The average molecular weight is 429 g/mol. The number of nitrogens with zero attached hydrogens (tertiary/aromatic N) is 3. The number of hydrogen-bond donors (Lipinski definition) is 1. The molecular weight excluding hydrogens is 413 g/mol. The maximum absolute atomic E-state index is 13.4. The molecule has 0 radical (unpaired) electrons. The number of halogens is 4. The van der Waals surface area contributed by atoms with E-state index in [4.69, 9.17) is 16.1 Å². The second-order valence-electron chi connectivity index (χ2n) is 6.18. The van der Waals surface area contributed by atoms with Gasteiger partial charge in [0.2, 0.25) is 0 Å². The maximum Gasteiger partial charge on any atom is 0.387 e. The number of carbonyl (C=O) groups excluding carboxylic acids is 1. The monoisotopic (exact) mass is 428 g/mol. The normalized spacial score (nSPS) is 11.2. The third-order valence-electron chi connectivity index (χ3n) is 4.21. The summed E-state index contributed by atoms with van der Waals surface area (Å²) in [4.78, 5) is 12.7. The number of rotatable bonds is 6. The quantitative estimate of drug-likeness (QED) is 0.625. The number of benzene rings is 1. The molecule has 1 aromatic carbocycles. The van der Waals surface area contributed by atoms with Gasteiger partial charge in [0, 0.05) is 11.6 Å². The summed E-state index contributed by atoms with van der Waals surface area (Å²) in [7, 11) is 0. The molecule has 154 valence electrons. The molecule has 0 aliphatic heterocycles. The first-order valence-electron chi connectivity index (χ1n) is 8.37. The molecule has 1 N–H and O–H groups in total. The van der Waals surface area contributed by atoms with Gasteiger partial charge in [-0.2, -0.15) is 13.9 Å². The van der Waals surface area contributed by atoms with E-state index in [9.17, 15) is 18.0 Å². The van der Waals surface area contributed by atoms with Gasteiger partial charge in [-0.25, -0.2) is 4.39 Å². The van der Waals surface area contributed by atoms with Crippen LogP contribution in [0.5, 0.6) is 5.75 Å². The largest absolute Gasteiger partial charge is 0.432 e. The van der Waals surface area contributed by atoms with Gasteiger partial charge in [0.1, 0.15) is 11.6 Å². The molecule has 7 nitrogen and oxygen atoms in total. The van der Waals surface area contributed by atoms with E-state index < -0.39 is 24.1 Å². The Morgan fingerprint density at radius 3 is 2.69 bits per heavy atom. The lowest BCUT2D eigenvalue weighted by molar-refractivity contribution is -0.0495. The van der Waals surface area contributed by atoms with Crippen LogP contribution >= 0.6 is 11.6 Å². The summed E-state index contributed by atoms with van der Waals surface area (Å²) < 4.78 is 49.5. The molecule has 0 aliphatic carbocycles. The van der Waals surface area contributed by atoms with Gasteiger partial charge < -0.3 is 14.6 Å². The standard InChI is InChI=1S/C18H16ClF3N4O3/c1-8-15(19)9(2)26(24-8)7-12-10(3)29-25-16(12)17(27)23-13-5-4-11(20)6-14(13)28-18(21)22/h4-6,18H,7H2,1-3H3,(H,23,27). The van der Waals surface area contributed by atoms with E-state index >= 15 is 0 Å². The highest BCUT2D eigenvalue weighted by atomic mass is 35.5. The van der Waals surface area contributed by atoms with Crippen LogP contribution in [0.1, 0.15) is 33.2 Å². The van der Waals surface area contributed by atoms with Crippen molar-refractivity contribution in [3.05, 3.63) is 57.4 Å². The number of carbonyl (C=O) groups is 1. The third kappa shape index (κ3) is 4.37. The molecule has 0 aliphatic rings. The van der Waals surface area contributed by atoms with Gasteiger partial charge in [-0.3, -0.25) is 9.48 Å². The van der Waals surface area contributed by atoms with Gasteiger partial charge in [0.15, 0.2) is 11.4 Å². The molecule has 0 bridgehead atoms. The topological polar surface area (TPSA) is 82.2 Å². The fraction of sp³-hybridized carbons (Fsp3) is 0.278. The molecular formula is C18H16ClF3N4O3. The molecule has 0 fully saturated rings. The van der Waals surface area contributed by atoms with E-state index in [1.54, 1.807) is 25.5 Å². The fourth-order valence-corrected chi connectivity index (χ4v) is 2.84. The minimum absolute atomic E-state index is 0.0708. The van der Waals surface area contributed by atoms with Crippen molar-refractivity contribution in [1.29, 1.82) is 0 Å². The van der Waals surface area contributed by atoms with Crippen LogP contribution in [0.2, 0.25) is 5.02 Å². The Hall–Kier alpha value is -3.01. The number of aryl methyl sites for hydroxylation is 2. The minimum atomic E-state index is -3.19. The van der Waals surface area contributed by atoms with Crippen molar-refractivity contribution in [2.75, 3.05) is 5.32 Å². The fourth-order valence-electron chi connectivity index (χ4n) is 2.71. The molecule has 11 heteroatoms. The molecule has 0 atom stereocenters. The highest BCUT2D eigenvalue weighted by Crippen LogP contribution is 2.28. The van der Waals surface area contributed by atoms with Crippen molar-refractivity contribution in [2.24, 2.45) is 0 Å². The molecule has 3 rings (SSSR count). The molecule has 0 saturated carbocycles. The Bertz CT molecular complexity index is 1070. The van der Waals surface area contributed by atoms with E-state index in [2.05, 4.69) is 20.3 Å². The summed E-state index contributed by atoms with van der Waals surface area (Å²) in [5, 5.41) is 10.9. The first kappa shape index (κ1) is 20.7. The Morgan fingerprint density at radius 2 is 2.07 bits per heavy atom. The van der Waals surface area contributed by atoms with Gasteiger partial charge in [0.25, 0.3) is 5.91 Å². The summed E-state index contributed by atoms with van der Waals surface area (Å²) in [5.41, 5.74) is 1.55. The van der Waals surface area contributed by atoms with Crippen molar-refractivity contribution in [3.63, 3.8) is 0 Å². The predicted molar refractivity (Wildman–Crippen MR) is 98.0 cm³/mol. The average Bonchev–Trinajstić information content (AvgIpc) is 3.12. The van der Waals surface area contributed by atoms with Crippen molar-refractivity contribution >= 4 is 23.2 Å². The number of alkyl halides is 2. The second kappa shape index (κ2) is 8.16. The van der Waals surface area contributed by atoms with E-state index in [-0.39, 0.29) is 17.9 Å². The van der Waals surface area contributed by atoms with Crippen LogP contribution in [0.15, 0.2) is 22.7 Å². The minimum Gasteiger partial charge on any atom is -0.432 e. The first-order valence-corrected chi connectivity index (χ1v) is 8.75. The second-order valence-corrected chi connectivity index (χ2v) is 6.56. The Kier molecular flexibility index (Phi) is 5.83. The summed E-state index contributed by atoms with van der Waals surface area (Å²) in [5.74, 6) is -1.67. The third-order valence-corrected chi connectivity index (χ3v) is 4.76. The van der Waals surface area contributed by atoms with Crippen LogP contribution < -0.4 is 10.1 Å². The zero-order valence-corrected chi connectivity index (χ0v) is 16.4. The lowest BCUT2D eigenvalue weighted by atomic mass is 10.1. The maximum atomic E-state index is 13.4. The first-order chi connectivity index (χ1) is 13.7. The number of nitrogens with one attached hydrogen (secondary N) is 1. The SMILES string of the molecule is Cc1nn(Cc2c(C(=O)Nc3ccc(F)cc3OC(F)F)noc2C)c(C)c1Cl. The van der Waals surface area contributed by atoms with Crippen molar-refractivity contribution < 1.29 is 27.2 Å². The number of hydrogen-bond acceptors (Lipinski definition) is 5. The Morgan fingerprint density at radius 1 is 1.34 bits per heavy atom. The summed E-state index contributed by atoms with van der Waals surface area (Å²) in [6, 6.07) is 2.85. The van der Waals surface area contributed by atoms with Crippen molar-refractivity contribution in [3.8, 4) is 5.75 Å². The molecule has 2 heterocycles. The highest BCUT2D eigenvalue weighted by molar-refractivity contribution is 6.31. The summed E-state index contributed by atoms with van der Waals surface area (Å²) in [6.45, 7) is 2.11. The van der Waals surface area contributed by atoms with Gasteiger partial charge in [0.05, 0.1) is 28.6 Å². The number of amides is 1. The number of aromatic nitrogens is 3. The molecule has 3 aromatic rings. The molecule has 2 aromatic heterocycles. The van der Waals surface area contributed by atoms with Crippen LogP contribution in [-0.2, 0) is 6.54 Å². The smallest absolute Gasteiger partial charge is 0.387 e. The van der Waals surface area contributed by atoms with Gasteiger partial charge in [-0.15, -0.1) is 0 Å². The van der Waals surface area contributed by atoms with E-state index in [0.29, 0.717) is 27.7 Å². The van der Waals surface area contributed by atoms with Crippen molar-refractivity contribution in [1.82, 2.24) is 14.9 Å². The zero-order valence-electron chi connectivity index (χ0n) is 15.6. The summed E-state index contributed by atoms with van der Waals surface area (Å²) >= 11 is 6.15. The van der Waals surface area contributed by atoms with Crippen LogP contribution in [0.3, 0.4) is 0 Å². The molecule has 29 heavy (non-hydrogen) atoms. The van der Waals surface area contributed by atoms with E-state index in [1.807, 2.05) is 0 Å². The van der Waals surface area contributed by atoms with Gasteiger partial charge in [-0.1, -0.05) is 16.8 Å². The van der Waals surface area contributed by atoms with Crippen LogP contribution in [-0.4, -0.2) is 27.5 Å². The molecule has 1 amide bonds. The van der Waals surface area contributed by atoms with Crippen LogP contribution in [0, 0.1) is 26.6 Å². The number of ether oxygens (including phenoxy) is 1. The van der Waals surface area contributed by atoms with Gasteiger partial charge in [-0.05, 0) is 32.9 Å². The van der Waals surface area contributed by atoms with E-state index in [0.717, 1.165) is 18.2 Å². The van der Waals surface area contributed by atoms with Crippen LogP contribution in [0.25, 0.3) is 0 Å².